The molecule has 0 spiro atoms. The summed E-state index contributed by atoms with van der Waals surface area (Å²) in [6.45, 7) is 0. The minimum absolute atomic E-state index is 0.116. The monoisotopic (exact) mass is 276 g/mol. The van der Waals surface area contributed by atoms with E-state index >= 15 is 0 Å². The number of rotatable bonds is 3. The third-order valence-corrected chi connectivity index (χ3v) is 4.62. The van der Waals surface area contributed by atoms with Gasteiger partial charge in [-0.3, -0.25) is 0 Å². The van der Waals surface area contributed by atoms with Crippen molar-refractivity contribution in [3.63, 3.8) is 0 Å². The van der Waals surface area contributed by atoms with Crippen LogP contribution in [0.3, 0.4) is 0 Å². The lowest BCUT2D eigenvalue weighted by molar-refractivity contribution is 0.477. The average Bonchev–Trinajstić information content (AvgIpc) is 2.39. The number of phenolic OH excluding ortho intramolecular Hbond substituents is 1. The Bertz CT molecular complexity index is 676. The second kappa shape index (κ2) is 5.03. The summed E-state index contributed by atoms with van der Waals surface area (Å²) < 4.78 is 25.0. The number of phenols is 1. The predicted octanol–water partition coefficient (Wildman–Crippen LogP) is 2.11. The Morgan fingerprint density at radius 3 is 2.26 bits per heavy atom. The highest BCUT2D eigenvalue weighted by molar-refractivity contribution is 7.89. The molecule has 0 saturated carbocycles. The maximum absolute atomic E-state index is 11.9. The highest BCUT2D eigenvalue weighted by Gasteiger charge is 2.16. The molecule has 0 fully saturated rings. The van der Waals surface area contributed by atoms with Crippen LogP contribution >= 0.6 is 0 Å². The summed E-state index contributed by atoms with van der Waals surface area (Å²) in [7, 11) is -0.445. The number of benzene rings is 2. The van der Waals surface area contributed by atoms with Crippen LogP contribution in [0.5, 0.6) is 5.75 Å². The van der Waals surface area contributed by atoms with E-state index < -0.39 is 10.0 Å². The Balaban J connectivity index is 2.43. The third-order valence-electron chi connectivity index (χ3n) is 2.79. The molecule has 0 bridgehead atoms. The van der Waals surface area contributed by atoms with Gasteiger partial charge >= 0.3 is 0 Å². The zero-order valence-electron chi connectivity index (χ0n) is 10.7. The van der Waals surface area contributed by atoms with E-state index in [2.05, 4.69) is 6.07 Å². The fraction of sp³-hybridized carbons (Fsp3) is 0.143. The van der Waals surface area contributed by atoms with Crippen molar-refractivity contribution >= 4 is 10.0 Å². The standard InChI is InChI=1S/C14H14NO3S/c1-15(2)19(17,18)12-9-7-11(8-10-12)13-5-3-4-6-14(13)16/h3,5-10,16H,1-2H3. The lowest BCUT2D eigenvalue weighted by Gasteiger charge is -2.12. The molecule has 99 valence electrons. The zero-order chi connectivity index (χ0) is 14.0. The van der Waals surface area contributed by atoms with E-state index in [0.717, 1.165) is 9.87 Å². The van der Waals surface area contributed by atoms with Gasteiger partial charge in [-0.05, 0) is 29.8 Å². The summed E-state index contributed by atoms with van der Waals surface area (Å²) >= 11 is 0. The van der Waals surface area contributed by atoms with E-state index in [1.807, 2.05) is 0 Å². The zero-order valence-corrected chi connectivity index (χ0v) is 11.5. The number of aromatic hydroxyl groups is 1. The normalized spacial score (nSPS) is 11.7. The molecule has 0 aliphatic carbocycles. The summed E-state index contributed by atoms with van der Waals surface area (Å²) in [5.74, 6) is 0.116. The molecule has 2 aromatic rings. The van der Waals surface area contributed by atoms with Crippen LogP contribution < -0.4 is 0 Å². The van der Waals surface area contributed by atoms with E-state index in [1.54, 1.807) is 24.3 Å². The summed E-state index contributed by atoms with van der Waals surface area (Å²) in [4.78, 5) is 0.225. The van der Waals surface area contributed by atoms with Gasteiger partial charge in [-0.25, -0.2) is 12.7 Å². The lowest BCUT2D eigenvalue weighted by atomic mass is 10.1. The van der Waals surface area contributed by atoms with Crippen molar-refractivity contribution in [1.82, 2.24) is 4.31 Å². The molecular weight excluding hydrogens is 262 g/mol. The van der Waals surface area contributed by atoms with Crippen LogP contribution in [0.2, 0.25) is 0 Å². The van der Waals surface area contributed by atoms with Gasteiger partial charge in [-0.15, -0.1) is 0 Å². The van der Waals surface area contributed by atoms with Gasteiger partial charge < -0.3 is 5.11 Å². The summed E-state index contributed by atoms with van der Waals surface area (Å²) in [5, 5.41) is 9.72. The van der Waals surface area contributed by atoms with Crippen LogP contribution in [0.4, 0.5) is 0 Å². The van der Waals surface area contributed by atoms with Crippen molar-refractivity contribution in [3.05, 3.63) is 48.5 Å². The van der Waals surface area contributed by atoms with Gasteiger partial charge in [-0.1, -0.05) is 24.3 Å². The van der Waals surface area contributed by atoms with Crippen molar-refractivity contribution in [1.29, 1.82) is 0 Å². The van der Waals surface area contributed by atoms with E-state index in [4.69, 9.17) is 0 Å². The molecule has 2 aromatic carbocycles. The van der Waals surface area contributed by atoms with Crippen LogP contribution in [0, 0.1) is 6.07 Å². The molecule has 4 nitrogen and oxygen atoms in total. The predicted molar refractivity (Wildman–Crippen MR) is 73.3 cm³/mol. The first-order valence-electron chi connectivity index (χ1n) is 5.65. The molecule has 19 heavy (non-hydrogen) atoms. The van der Waals surface area contributed by atoms with Crippen molar-refractivity contribution in [2.45, 2.75) is 4.90 Å². The van der Waals surface area contributed by atoms with Crippen LogP contribution in [0.1, 0.15) is 0 Å². The number of nitrogens with zero attached hydrogens (tertiary/aromatic N) is 1. The molecule has 1 N–H and O–H groups in total. The molecule has 0 aliphatic heterocycles. The Morgan fingerprint density at radius 1 is 1.11 bits per heavy atom. The van der Waals surface area contributed by atoms with Gasteiger partial charge in [0.25, 0.3) is 0 Å². The maximum Gasteiger partial charge on any atom is 0.242 e. The fourth-order valence-electron chi connectivity index (χ4n) is 1.68. The fourth-order valence-corrected chi connectivity index (χ4v) is 2.58. The molecule has 0 saturated heterocycles. The summed E-state index contributed by atoms with van der Waals surface area (Å²) in [6.07, 6.45) is 0. The van der Waals surface area contributed by atoms with E-state index in [9.17, 15) is 13.5 Å². The number of hydrogen-bond donors (Lipinski definition) is 1. The Morgan fingerprint density at radius 2 is 1.74 bits per heavy atom. The van der Waals surface area contributed by atoms with Gasteiger partial charge in [0, 0.05) is 19.7 Å². The average molecular weight is 276 g/mol. The first kappa shape index (κ1) is 13.6. The van der Waals surface area contributed by atoms with Gasteiger partial charge in [0.05, 0.1) is 4.90 Å². The van der Waals surface area contributed by atoms with Gasteiger partial charge in [0.1, 0.15) is 5.75 Å². The minimum Gasteiger partial charge on any atom is -0.507 e. The Labute approximate surface area is 113 Å². The smallest absolute Gasteiger partial charge is 0.242 e. The minimum atomic E-state index is -3.42. The lowest BCUT2D eigenvalue weighted by Crippen LogP contribution is -2.22. The summed E-state index contributed by atoms with van der Waals surface area (Å²) in [6, 6.07) is 14.1. The molecule has 0 aromatic heterocycles. The largest absolute Gasteiger partial charge is 0.507 e. The first-order chi connectivity index (χ1) is 8.93. The highest BCUT2D eigenvalue weighted by Crippen LogP contribution is 2.29. The first-order valence-corrected chi connectivity index (χ1v) is 7.09. The molecule has 0 unspecified atom stereocenters. The van der Waals surface area contributed by atoms with Gasteiger partial charge in [-0.2, -0.15) is 0 Å². The van der Waals surface area contributed by atoms with Crippen LogP contribution in [-0.4, -0.2) is 31.9 Å². The van der Waals surface area contributed by atoms with Crippen LogP contribution in [0.15, 0.2) is 47.4 Å². The topological polar surface area (TPSA) is 57.6 Å². The summed E-state index contributed by atoms with van der Waals surface area (Å²) in [5.41, 5.74) is 1.40. The Kier molecular flexibility index (Phi) is 3.59. The molecule has 2 rings (SSSR count). The second-order valence-electron chi connectivity index (χ2n) is 4.26. The second-order valence-corrected chi connectivity index (χ2v) is 6.41. The molecule has 0 aliphatic rings. The molecule has 1 radical (unpaired) electrons. The van der Waals surface area contributed by atoms with Crippen molar-refractivity contribution in [2.75, 3.05) is 14.1 Å². The molecular formula is C14H14NO3S. The maximum atomic E-state index is 11.9. The molecule has 0 amide bonds. The molecule has 0 heterocycles. The third kappa shape index (κ3) is 2.62. The van der Waals surface area contributed by atoms with E-state index in [1.165, 1.54) is 32.3 Å². The SMILES string of the molecule is CN(C)S(=O)(=O)c1ccc(-c2cc[c]cc2O)cc1. The Hall–Kier alpha value is -1.85. The van der Waals surface area contributed by atoms with Crippen molar-refractivity contribution < 1.29 is 13.5 Å². The quantitative estimate of drug-likeness (QED) is 0.934. The number of hydrogen-bond acceptors (Lipinski definition) is 3. The van der Waals surface area contributed by atoms with Crippen LogP contribution in [-0.2, 0) is 10.0 Å². The van der Waals surface area contributed by atoms with E-state index in [0.29, 0.717) is 5.56 Å². The van der Waals surface area contributed by atoms with Crippen molar-refractivity contribution in [3.8, 4) is 16.9 Å². The molecule has 0 atom stereocenters. The van der Waals surface area contributed by atoms with Gasteiger partial charge in [0.2, 0.25) is 10.0 Å². The number of sulfonamides is 1. The van der Waals surface area contributed by atoms with Gasteiger partial charge in [0.15, 0.2) is 0 Å². The highest BCUT2D eigenvalue weighted by atomic mass is 32.2. The van der Waals surface area contributed by atoms with E-state index in [-0.39, 0.29) is 10.6 Å². The van der Waals surface area contributed by atoms with Crippen LogP contribution in [0.25, 0.3) is 11.1 Å². The van der Waals surface area contributed by atoms with Crippen molar-refractivity contribution in [2.24, 2.45) is 0 Å². The molecule has 5 heteroatoms.